The lowest BCUT2D eigenvalue weighted by Gasteiger charge is -2.04. The average Bonchev–Trinajstić information content (AvgIpc) is 2.07. The first-order valence-electron chi connectivity index (χ1n) is 3.55. The van der Waals surface area contributed by atoms with E-state index in [4.69, 9.17) is 15.9 Å². The average molecular weight is 232 g/mol. The number of aryl methyl sites for hydroxylation is 1. The van der Waals surface area contributed by atoms with Gasteiger partial charge in [0.1, 0.15) is 22.3 Å². The van der Waals surface area contributed by atoms with Crippen LogP contribution in [-0.2, 0) is 9.05 Å². The third kappa shape index (κ3) is 1.81. The zero-order valence-electron chi connectivity index (χ0n) is 7.15. The molecular weight excluding hydrogens is 226 g/mol. The molecule has 0 heterocycles. The Morgan fingerprint density at radius 3 is 2.50 bits per heavy atom. The molecule has 0 atom stereocenters. The van der Waals surface area contributed by atoms with Crippen molar-refractivity contribution in [2.24, 2.45) is 0 Å². The summed E-state index contributed by atoms with van der Waals surface area (Å²) in [6, 6.07) is 4.17. The van der Waals surface area contributed by atoms with Gasteiger partial charge in [-0.05, 0) is 18.6 Å². The summed E-state index contributed by atoms with van der Waals surface area (Å²) in [5.74, 6) is -0.353. The molecule has 1 rings (SSSR count). The van der Waals surface area contributed by atoms with E-state index < -0.39 is 9.05 Å². The van der Waals surface area contributed by atoms with E-state index in [1.54, 1.807) is 13.0 Å². The predicted molar refractivity (Wildman–Crippen MR) is 50.6 cm³/mol. The maximum Gasteiger partial charge on any atom is 0.262 e. The SMILES string of the molecule is Cc1ccc(S(=O)(=O)Cl)c(C#N)c1O. The zero-order chi connectivity index (χ0) is 10.9. The lowest BCUT2D eigenvalue weighted by molar-refractivity contribution is 0.467. The first-order valence-corrected chi connectivity index (χ1v) is 5.86. The molecule has 0 aliphatic heterocycles. The van der Waals surface area contributed by atoms with Gasteiger partial charge in [-0.2, -0.15) is 5.26 Å². The highest BCUT2D eigenvalue weighted by molar-refractivity contribution is 8.13. The van der Waals surface area contributed by atoms with E-state index in [2.05, 4.69) is 0 Å². The summed E-state index contributed by atoms with van der Waals surface area (Å²) in [4.78, 5) is -0.371. The van der Waals surface area contributed by atoms with Gasteiger partial charge >= 0.3 is 0 Å². The molecule has 0 aromatic heterocycles. The van der Waals surface area contributed by atoms with E-state index in [-0.39, 0.29) is 16.2 Å². The van der Waals surface area contributed by atoms with Crippen LogP contribution in [0, 0.1) is 18.3 Å². The van der Waals surface area contributed by atoms with E-state index in [1.807, 2.05) is 0 Å². The number of benzene rings is 1. The van der Waals surface area contributed by atoms with Crippen molar-refractivity contribution in [3.63, 3.8) is 0 Å². The van der Waals surface area contributed by atoms with Crippen LogP contribution in [0.25, 0.3) is 0 Å². The van der Waals surface area contributed by atoms with Gasteiger partial charge in [0, 0.05) is 10.7 Å². The number of nitriles is 1. The second kappa shape index (κ2) is 3.48. The fourth-order valence-electron chi connectivity index (χ4n) is 0.988. The molecule has 0 saturated carbocycles. The normalized spacial score (nSPS) is 10.9. The minimum Gasteiger partial charge on any atom is -0.506 e. The molecule has 4 nitrogen and oxygen atoms in total. The third-order valence-corrected chi connectivity index (χ3v) is 3.08. The quantitative estimate of drug-likeness (QED) is 0.743. The van der Waals surface area contributed by atoms with Gasteiger partial charge in [-0.25, -0.2) is 8.42 Å². The molecule has 0 radical (unpaired) electrons. The molecule has 0 fully saturated rings. The first-order chi connectivity index (χ1) is 6.38. The third-order valence-electron chi connectivity index (χ3n) is 1.72. The number of hydrogen-bond donors (Lipinski definition) is 1. The monoisotopic (exact) mass is 231 g/mol. The highest BCUT2D eigenvalue weighted by Gasteiger charge is 2.19. The van der Waals surface area contributed by atoms with Crippen molar-refractivity contribution < 1.29 is 13.5 Å². The summed E-state index contributed by atoms with van der Waals surface area (Å²) >= 11 is 0. The van der Waals surface area contributed by atoms with Crippen LogP contribution in [0.5, 0.6) is 5.75 Å². The van der Waals surface area contributed by atoms with Crippen molar-refractivity contribution in [3.8, 4) is 11.8 Å². The second-order valence-electron chi connectivity index (χ2n) is 2.65. The lowest BCUT2D eigenvalue weighted by atomic mass is 10.1. The fourth-order valence-corrected chi connectivity index (χ4v) is 1.99. The Hall–Kier alpha value is -1.25. The van der Waals surface area contributed by atoms with Crippen LogP contribution in [0.1, 0.15) is 11.1 Å². The van der Waals surface area contributed by atoms with Crippen molar-refractivity contribution in [1.29, 1.82) is 5.26 Å². The summed E-state index contributed by atoms with van der Waals surface area (Å²) in [6.45, 7) is 1.56. The molecule has 0 unspecified atom stereocenters. The van der Waals surface area contributed by atoms with Gasteiger partial charge in [0.25, 0.3) is 9.05 Å². The number of halogens is 1. The Morgan fingerprint density at radius 2 is 2.07 bits per heavy atom. The predicted octanol–water partition coefficient (Wildman–Crippen LogP) is 1.50. The minimum absolute atomic E-state index is 0.319. The summed E-state index contributed by atoms with van der Waals surface area (Å²) < 4.78 is 22.0. The first kappa shape index (κ1) is 10.8. The van der Waals surface area contributed by atoms with E-state index in [1.165, 1.54) is 12.1 Å². The van der Waals surface area contributed by atoms with Gasteiger partial charge in [0.05, 0.1) is 0 Å². The van der Waals surface area contributed by atoms with Gasteiger partial charge in [-0.15, -0.1) is 0 Å². The standard InChI is InChI=1S/C8H6ClNO3S/c1-5-2-3-7(14(9,12)13)6(4-10)8(5)11/h2-3,11H,1H3. The largest absolute Gasteiger partial charge is 0.506 e. The van der Waals surface area contributed by atoms with E-state index >= 15 is 0 Å². The van der Waals surface area contributed by atoms with E-state index in [0.29, 0.717) is 5.56 Å². The van der Waals surface area contributed by atoms with E-state index in [9.17, 15) is 13.5 Å². The molecule has 74 valence electrons. The molecule has 0 spiro atoms. The summed E-state index contributed by atoms with van der Waals surface area (Å²) in [6.07, 6.45) is 0. The van der Waals surface area contributed by atoms with Crippen LogP contribution in [0.15, 0.2) is 17.0 Å². The number of aromatic hydroxyl groups is 1. The van der Waals surface area contributed by atoms with Crippen molar-refractivity contribution >= 4 is 19.7 Å². The molecule has 1 aromatic carbocycles. The molecule has 1 N–H and O–H groups in total. The second-order valence-corrected chi connectivity index (χ2v) is 5.19. The van der Waals surface area contributed by atoms with Crippen molar-refractivity contribution in [1.82, 2.24) is 0 Å². The van der Waals surface area contributed by atoms with Crippen molar-refractivity contribution in [2.45, 2.75) is 11.8 Å². The smallest absolute Gasteiger partial charge is 0.262 e. The highest BCUT2D eigenvalue weighted by atomic mass is 35.7. The molecular formula is C8H6ClNO3S. The van der Waals surface area contributed by atoms with Crippen LogP contribution in [0.3, 0.4) is 0 Å². The molecule has 14 heavy (non-hydrogen) atoms. The Morgan fingerprint density at radius 1 is 1.50 bits per heavy atom. The molecule has 0 saturated heterocycles. The Kier molecular flexibility index (Phi) is 2.69. The maximum absolute atomic E-state index is 11.0. The molecule has 0 bridgehead atoms. The minimum atomic E-state index is -4.00. The van der Waals surface area contributed by atoms with Gasteiger partial charge in [-0.1, -0.05) is 6.07 Å². The molecule has 0 amide bonds. The summed E-state index contributed by atoms with van der Waals surface area (Å²) in [7, 11) is 1.08. The van der Waals surface area contributed by atoms with Crippen molar-refractivity contribution in [3.05, 3.63) is 23.3 Å². The van der Waals surface area contributed by atoms with Gasteiger partial charge < -0.3 is 5.11 Å². The van der Waals surface area contributed by atoms with Gasteiger partial charge in [-0.3, -0.25) is 0 Å². The lowest BCUT2D eigenvalue weighted by Crippen LogP contribution is -1.96. The number of phenolic OH excluding ortho intramolecular Hbond substituents is 1. The van der Waals surface area contributed by atoms with Crippen LogP contribution >= 0.6 is 10.7 Å². The Balaban J connectivity index is 3.66. The van der Waals surface area contributed by atoms with Crippen LogP contribution in [0.2, 0.25) is 0 Å². The Bertz CT molecular complexity index is 516. The number of hydrogen-bond acceptors (Lipinski definition) is 4. The van der Waals surface area contributed by atoms with Crippen LogP contribution < -0.4 is 0 Å². The molecule has 6 heteroatoms. The maximum atomic E-state index is 11.0. The van der Waals surface area contributed by atoms with Crippen LogP contribution in [-0.4, -0.2) is 13.5 Å². The fraction of sp³-hybridized carbons (Fsp3) is 0.125. The number of nitrogens with zero attached hydrogens (tertiary/aromatic N) is 1. The van der Waals surface area contributed by atoms with Crippen molar-refractivity contribution in [2.75, 3.05) is 0 Å². The highest BCUT2D eigenvalue weighted by Crippen LogP contribution is 2.29. The van der Waals surface area contributed by atoms with Gasteiger partial charge in [0.2, 0.25) is 0 Å². The number of phenols is 1. The summed E-state index contributed by atoms with van der Waals surface area (Å²) in [5, 5.41) is 18.1. The molecule has 0 aliphatic rings. The van der Waals surface area contributed by atoms with Gasteiger partial charge in [0.15, 0.2) is 0 Å². The number of rotatable bonds is 1. The topological polar surface area (TPSA) is 78.2 Å². The Labute approximate surface area is 85.8 Å². The van der Waals surface area contributed by atoms with Crippen LogP contribution in [0.4, 0.5) is 0 Å². The zero-order valence-corrected chi connectivity index (χ0v) is 8.72. The molecule has 1 aromatic rings. The summed E-state index contributed by atoms with van der Waals surface area (Å²) in [5.41, 5.74) is 0.102. The molecule has 0 aliphatic carbocycles. The van der Waals surface area contributed by atoms with E-state index in [0.717, 1.165) is 0 Å².